The molecule has 0 heterocycles. The molecule has 0 aliphatic carbocycles. The molecule has 3 aromatic rings. The molecule has 1 N–H and O–H groups in total. The highest BCUT2D eigenvalue weighted by Crippen LogP contribution is 2.24. The van der Waals surface area contributed by atoms with Crippen molar-refractivity contribution in [3.05, 3.63) is 78.4 Å². The van der Waals surface area contributed by atoms with Crippen LogP contribution in [0.25, 0.3) is 10.8 Å². The Morgan fingerprint density at radius 3 is 2.59 bits per heavy atom. The summed E-state index contributed by atoms with van der Waals surface area (Å²) in [5.41, 5.74) is 1.22. The van der Waals surface area contributed by atoms with E-state index in [4.69, 9.17) is 4.74 Å². The number of amides is 1. The van der Waals surface area contributed by atoms with Crippen molar-refractivity contribution >= 4 is 28.4 Å². The zero-order chi connectivity index (χ0) is 18.7. The predicted molar refractivity (Wildman–Crippen MR) is 113 cm³/mol. The lowest BCUT2D eigenvalue weighted by Crippen LogP contribution is -2.25. The van der Waals surface area contributed by atoms with Crippen LogP contribution in [0.5, 0.6) is 5.75 Å². The van der Waals surface area contributed by atoms with Gasteiger partial charge >= 0.3 is 0 Å². The molecule has 3 aromatic carbocycles. The molecule has 0 spiro atoms. The molecule has 0 atom stereocenters. The van der Waals surface area contributed by atoms with Crippen molar-refractivity contribution < 1.29 is 9.53 Å². The van der Waals surface area contributed by atoms with E-state index in [1.54, 1.807) is 11.8 Å². The second-order valence-corrected chi connectivity index (χ2v) is 6.86. The summed E-state index contributed by atoms with van der Waals surface area (Å²) in [6.07, 6.45) is 0. The van der Waals surface area contributed by atoms with Crippen LogP contribution in [0.15, 0.2) is 72.8 Å². The first-order chi connectivity index (χ1) is 13.3. The van der Waals surface area contributed by atoms with Gasteiger partial charge in [0.15, 0.2) is 0 Å². The maximum atomic E-state index is 11.8. The zero-order valence-corrected chi connectivity index (χ0v) is 15.8. The van der Waals surface area contributed by atoms with Crippen LogP contribution in [0.1, 0.15) is 5.56 Å². The van der Waals surface area contributed by atoms with Gasteiger partial charge in [0.2, 0.25) is 5.91 Å². The quantitative estimate of drug-likeness (QED) is 0.627. The van der Waals surface area contributed by atoms with Gasteiger partial charge in [-0.25, -0.2) is 0 Å². The fourth-order valence-electron chi connectivity index (χ4n) is 2.58. The number of carbonyl (C=O) groups excluding carboxylic acids is 1. The second kappa shape index (κ2) is 10.3. The Balaban J connectivity index is 1.35. The van der Waals surface area contributed by atoms with Crippen LogP contribution in [-0.4, -0.2) is 24.8 Å². The van der Waals surface area contributed by atoms with E-state index in [0.29, 0.717) is 18.9 Å². The molecule has 3 nitrogen and oxygen atoms in total. The van der Waals surface area contributed by atoms with Crippen LogP contribution >= 0.6 is 11.8 Å². The average molecular weight is 375 g/mol. The Bertz CT molecular complexity index is 939. The van der Waals surface area contributed by atoms with Crippen molar-refractivity contribution in [3.8, 4) is 17.6 Å². The van der Waals surface area contributed by atoms with Crippen molar-refractivity contribution in [2.75, 3.05) is 18.9 Å². The van der Waals surface area contributed by atoms with Crippen molar-refractivity contribution in [3.63, 3.8) is 0 Å². The number of carbonyl (C=O) groups is 1. The van der Waals surface area contributed by atoms with Crippen LogP contribution in [0, 0.1) is 11.8 Å². The Labute approximate surface area is 164 Å². The largest absolute Gasteiger partial charge is 0.480 e. The van der Waals surface area contributed by atoms with Crippen LogP contribution < -0.4 is 10.1 Å². The third-order valence-electron chi connectivity index (χ3n) is 3.89. The van der Waals surface area contributed by atoms with Gasteiger partial charge in [0, 0.05) is 11.1 Å². The smallest absolute Gasteiger partial charge is 0.230 e. The SMILES string of the molecule is O=C(CSCc1ccccc1)NCC#CCOc1cccc2ccccc12. The minimum absolute atomic E-state index is 0.000188. The molecule has 27 heavy (non-hydrogen) atoms. The highest BCUT2D eigenvalue weighted by atomic mass is 32.2. The van der Waals surface area contributed by atoms with Crippen molar-refractivity contribution in [2.45, 2.75) is 5.75 Å². The van der Waals surface area contributed by atoms with Crippen LogP contribution in [0.2, 0.25) is 0 Å². The lowest BCUT2D eigenvalue weighted by molar-refractivity contribution is -0.118. The van der Waals surface area contributed by atoms with Crippen LogP contribution in [0.4, 0.5) is 0 Å². The molecule has 136 valence electrons. The normalized spacial score (nSPS) is 10.1. The average Bonchev–Trinajstić information content (AvgIpc) is 2.71. The Morgan fingerprint density at radius 1 is 0.926 bits per heavy atom. The van der Waals surface area contributed by atoms with Crippen molar-refractivity contribution in [1.82, 2.24) is 5.32 Å². The highest BCUT2D eigenvalue weighted by Gasteiger charge is 2.01. The van der Waals surface area contributed by atoms with Gasteiger partial charge in [-0.15, -0.1) is 11.8 Å². The van der Waals surface area contributed by atoms with Gasteiger partial charge in [-0.2, -0.15) is 0 Å². The summed E-state index contributed by atoms with van der Waals surface area (Å²) >= 11 is 1.60. The topological polar surface area (TPSA) is 38.3 Å². The summed E-state index contributed by atoms with van der Waals surface area (Å²) in [7, 11) is 0. The third-order valence-corrected chi connectivity index (χ3v) is 4.90. The molecule has 0 saturated heterocycles. The predicted octanol–water partition coefficient (Wildman–Crippen LogP) is 4.27. The van der Waals surface area contributed by atoms with Gasteiger partial charge in [0.25, 0.3) is 0 Å². The van der Waals surface area contributed by atoms with Gasteiger partial charge in [-0.3, -0.25) is 4.79 Å². The van der Waals surface area contributed by atoms with E-state index in [2.05, 4.69) is 41.4 Å². The number of thioether (sulfide) groups is 1. The van der Waals surface area contributed by atoms with Gasteiger partial charge in [0.05, 0.1) is 12.3 Å². The minimum atomic E-state index is 0.000188. The monoisotopic (exact) mass is 375 g/mol. The molecule has 1 amide bonds. The van der Waals surface area contributed by atoms with Gasteiger partial charge in [-0.1, -0.05) is 78.6 Å². The first-order valence-corrected chi connectivity index (χ1v) is 9.93. The molecule has 0 radical (unpaired) electrons. The number of ether oxygens (including phenoxy) is 1. The molecule has 0 aliphatic heterocycles. The number of benzene rings is 3. The molecule has 0 aromatic heterocycles. The second-order valence-electron chi connectivity index (χ2n) is 5.87. The lowest BCUT2D eigenvalue weighted by atomic mass is 10.1. The van der Waals surface area contributed by atoms with E-state index in [1.807, 2.05) is 48.5 Å². The van der Waals surface area contributed by atoms with Crippen LogP contribution in [-0.2, 0) is 10.5 Å². The third kappa shape index (κ3) is 6.09. The summed E-state index contributed by atoms with van der Waals surface area (Å²) in [6, 6.07) is 24.2. The molecular formula is C23H21NO2S. The highest BCUT2D eigenvalue weighted by molar-refractivity contribution is 7.99. The molecule has 0 unspecified atom stereocenters. The zero-order valence-electron chi connectivity index (χ0n) is 15.0. The first-order valence-electron chi connectivity index (χ1n) is 8.77. The lowest BCUT2D eigenvalue weighted by Gasteiger charge is -2.06. The number of nitrogens with one attached hydrogen (secondary N) is 1. The Morgan fingerprint density at radius 2 is 1.70 bits per heavy atom. The number of fused-ring (bicyclic) bond motifs is 1. The van der Waals surface area contributed by atoms with E-state index in [-0.39, 0.29) is 5.91 Å². The van der Waals surface area contributed by atoms with Crippen molar-refractivity contribution in [1.29, 1.82) is 0 Å². The number of hydrogen-bond donors (Lipinski definition) is 1. The Hall–Kier alpha value is -2.90. The molecular weight excluding hydrogens is 354 g/mol. The van der Waals surface area contributed by atoms with E-state index >= 15 is 0 Å². The molecule has 3 rings (SSSR count). The molecule has 0 fully saturated rings. The fourth-order valence-corrected chi connectivity index (χ4v) is 3.40. The summed E-state index contributed by atoms with van der Waals surface area (Å²) in [4.78, 5) is 11.8. The van der Waals surface area contributed by atoms with Crippen LogP contribution in [0.3, 0.4) is 0 Å². The first kappa shape index (κ1) is 18.9. The molecule has 4 heteroatoms. The van der Waals surface area contributed by atoms with E-state index in [0.717, 1.165) is 22.3 Å². The maximum Gasteiger partial charge on any atom is 0.230 e. The van der Waals surface area contributed by atoms with E-state index in [9.17, 15) is 4.79 Å². The summed E-state index contributed by atoms with van der Waals surface area (Å²) in [6.45, 7) is 0.635. The number of rotatable bonds is 7. The summed E-state index contributed by atoms with van der Waals surface area (Å²) in [5, 5.41) is 5.02. The maximum absolute atomic E-state index is 11.8. The van der Waals surface area contributed by atoms with Gasteiger partial charge in [0.1, 0.15) is 12.4 Å². The molecule has 0 bridgehead atoms. The van der Waals surface area contributed by atoms with Crippen molar-refractivity contribution in [2.24, 2.45) is 0 Å². The standard InChI is InChI=1S/C23H21NO2S/c25-23(18-27-17-19-9-2-1-3-10-19)24-15-6-7-16-26-22-14-8-12-20-11-4-5-13-21(20)22/h1-5,8-14H,15-18H2,(H,24,25). The Kier molecular flexibility index (Phi) is 7.20. The molecule has 0 aliphatic rings. The van der Waals surface area contributed by atoms with Gasteiger partial charge in [-0.05, 0) is 17.0 Å². The van der Waals surface area contributed by atoms with E-state index < -0.39 is 0 Å². The summed E-state index contributed by atoms with van der Waals surface area (Å²) < 4.78 is 5.75. The fraction of sp³-hybridized carbons (Fsp3) is 0.174. The summed E-state index contributed by atoms with van der Waals surface area (Å²) in [5.74, 6) is 7.96. The molecule has 0 saturated carbocycles. The van der Waals surface area contributed by atoms with E-state index in [1.165, 1.54) is 5.56 Å². The van der Waals surface area contributed by atoms with Gasteiger partial charge < -0.3 is 10.1 Å². The number of hydrogen-bond acceptors (Lipinski definition) is 3. The minimum Gasteiger partial charge on any atom is -0.480 e.